The van der Waals surface area contributed by atoms with Gasteiger partial charge in [-0.15, -0.1) is 0 Å². The van der Waals surface area contributed by atoms with E-state index in [0.717, 1.165) is 11.1 Å². The van der Waals surface area contributed by atoms with Crippen LogP contribution in [0.15, 0.2) is 84.9 Å². The van der Waals surface area contributed by atoms with Gasteiger partial charge >= 0.3 is 0 Å². The molecule has 0 saturated carbocycles. The minimum atomic E-state index is -0.115. The summed E-state index contributed by atoms with van der Waals surface area (Å²) in [5.41, 5.74) is 3.27. The molecule has 1 N–H and O–H groups in total. The second kappa shape index (κ2) is 8.86. The van der Waals surface area contributed by atoms with Gasteiger partial charge in [-0.25, -0.2) is 0 Å². The topological polar surface area (TPSA) is 38.3 Å². The molecule has 0 heterocycles. The summed E-state index contributed by atoms with van der Waals surface area (Å²) in [5.74, 6) is 0.859. The minimum absolute atomic E-state index is 0.00531. The van der Waals surface area contributed by atoms with Crippen LogP contribution in [0.2, 0.25) is 0 Å². The van der Waals surface area contributed by atoms with E-state index >= 15 is 0 Å². The first kappa shape index (κ1) is 17.7. The van der Waals surface area contributed by atoms with Gasteiger partial charge in [0.1, 0.15) is 5.75 Å². The lowest BCUT2D eigenvalue weighted by Gasteiger charge is -2.14. The van der Waals surface area contributed by atoms with E-state index in [0.29, 0.717) is 12.3 Å². The van der Waals surface area contributed by atoms with Crippen molar-refractivity contribution in [2.24, 2.45) is 0 Å². The average molecular weight is 345 g/mol. The predicted octanol–water partition coefficient (Wildman–Crippen LogP) is 4.65. The lowest BCUT2D eigenvalue weighted by atomic mass is 10.0. The van der Waals surface area contributed by atoms with Crippen molar-refractivity contribution < 1.29 is 9.53 Å². The molecule has 3 heteroatoms. The van der Waals surface area contributed by atoms with Gasteiger partial charge in [-0.1, -0.05) is 85.8 Å². The Morgan fingerprint density at radius 1 is 0.885 bits per heavy atom. The molecule has 0 aliphatic carbocycles. The lowest BCUT2D eigenvalue weighted by molar-refractivity contribution is -0.123. The van der Waals surface area contributed by atoms with E-state index < -0.39 is 0 Å². The summed E-state index contributed by atoms with van der Waals surface area (Å²) < 4.78 is 5.78. The molecule has 0 aliphatic rings. The predicted molar refractivity (Wildman–Crippen MR) is 105 cm³/mol. The molecule has 0 spiro atoms. The smallest absolute Gasteiger partial charge is 0.257 e. The van der Waals surface area contributed by atoms with Gasteiger partial charge in [0.2, 0.25) is 0 Å². The van der Waals surface area contributed by atoms with Crippen LogP contribution < -0.4 is 10.1 Å². The highest BCUT2D eigenvalue weighted by Gasteiger charge is 2.10. The van der Waals surface area contributed by atoms with Crippen LogP contribution in [-0.4, -0.2) is 19.1 Å². The Balaban J connectivity index is 1.55. The summed E-state index contributed by atoms with van der Waals surface area (Å²) in [6.45, 7) is 2.69. The van der Waals surface area contributed by atoms with Gasteiger partial charge in [0, 0.05) is 12.1 Å². The normalized spacial score (nSPS) is 11.6. The minimum Gasteiger partial charge on any atom is -0.483 e. The van der Waals surface area contributed by atoms with Gasteiger partial charge in [0.05, 0.1) is 0 Å². The van der Waals surface area contributed by atoms with E-state index in [-0.39, 0.29) is 18.4 Å². The van der Waals surface area contributed by atoms with Crippen LogP contribution in [0.1, 0.15) is 18.4 Å². The Kier molecular flexibility index (Phi) is 6.05. The first-order valence-corrected chi connectivity index (χ1v) is 8.83. The van der Waals surface area contributed by atoms with Gasteiger partial charge in [0.15, 0.2) is 6.61 Å². The monoisotopic (exact) mass is 345 g/mol. The maximum atomic E-state index is 12.2. The highest BCUT2D eigenvalue weighted by Crippen LogP contribution is 2.29. The first-order valence-electron chi connectivity index (χ1n) is 8.83. The molecule has 1 unspecified atom stereocenters. The number of amides is 1. The van der Waals surface area contributed by atoms with Crippen molar-refractivity contribution in [1.82, 2.24) is 5.32 Å². The van der Waals surface area contributed by atoms with E-state index in [1.54, 1.807) is 0 Å². The van der Waals surface area contributed by atoms with Crippen LogP contribution in [0.5, 0.6) is 5.75 Å². The molecule has 0 aliphatic heterocycles. The van der Waals surface area contributed by atoms with E-state index in [4.69, 9.17) is 4.74 Å². The maximum Gasteiger partial charge on any atom is 0.257 e. The van der Waals surface area contributed by atoms with Crippen molar-refractivity contribution in [3.8, 4) is 16.9 Å². The van der Waals surface area contributed by atoms with Crippen LogP contribution in [0.4, 0.5) is 0 Å². The van der Waals surface area contributed by atoms with Gasteiger partial charge in [-0.2, -0.15) is 0 Å². The Morgan fingerprint density at radius 3 is 2.23 bits per heavy atom. The van der Waals surface area contributed by atoms with Crippen molar-refractivity contribution in [3.63, 3.8) is 0 Å². The molecular weight excluding hydrogens is 322 g/mol. The maximum absolute atomic E-state index is 12.2. The zero-order valence-electron chi connectivity index (χ0n) is 14.9. The number of ether oxygens (including phenoxy) is 1. The third-order valence-electron chi connectivity index (χ3n) is 4.30. The molecule has 26 heavy (non-hydrogen) atoms. The van der Waals surface area contributed by atoms with Gasteiger partial charge in [0.25, 0.3) is 5.91 Å². The van der Waals surface area contributed by atoms with Crippen LogP contribution in [0, 0.1) is 0 Å². The molecular formula is C23H23NO2. The Hall–Kier alpha value is -3.07. The highest BCUT2D eigenvalue weighted by molar-refractivity contribution is 5.78. The second-order valence-electron chi connectivity index (χ2n) is 6.27. The number of nitrogens with one attached hydrogen (secondary N) is 1. The van der Waals surface area contributed by atoms with E-state index in [9.17, 15) is 4.79 Å². The Morgan fingerprint density at radius 2 is 1.50 bits per heavy atom. The summed E-state index contributed by atoms with van der Waals surface area (Å²) in [7, 11) is 0. The SMILES string of the molecule is CC(CNC(=O)COc1ccccc1-c1ccccc1)c1ccccc1. The van der Waals surface area contributed by atoms with Crippen LogP contribution in [-0.2, 0) is 4.79 Å². The average Bonchev–Trinajstić information content (AvgIpc) is 2.72. The molecule has 0 bridgehead atoms. The fourth-order valence-corrected chi connectivity index (χ4v) is 2.81. The van der Waals surface area contributed by atoms with Crippen molar-refractivity contribution in [1.29, 1.82) is 0 Å². The molecule has 3 nitrogen and oxygen atoms in total. The highest BCUT2D eigenvalue weighted by atomic mass is 16.5. The molecule has 3 aromatic rings. The van der Waals surface area contributed by atoms with Crippen molar-refractivity contribution >= 4 is 5.91 Å². The molecule has 1 amide bonds. The van der Waals surface area contributed by atoms with Crippen LogP contribution >= 0.6 is 0 Å². The number of carbonyl (C=O) groups excluding carboxylic acids is 1. The summed E-state index contributed by atoms with van der Waals surface area (Å²) in [6, 6.07) is 28.0. The second-order valence-corrected chi connectivity index (χ2v) is 6.27. The number of benzene rings is 3. The number of rotatable bonds is 7. The standard InChI is InChI=1S/C23H23NO2/c1-18(19-10-4-2-5-11-19)16-24-23(25)17-26-22-15-9-8-14-21(22)20-12-6-3-7-13-20/h2-15,18H,16-17H2,1H3,(H,24,25). The number of hydrogen-bond donors (Lipinski definition) is 1. The van der Waals surface area contributed by atoms with Gasteiger partial charge in [-0.3, -0.25) is 4.79 Å². The molecule has 0 aromatic heterocycles. The van der Waals surface area contributed by atoms with E-state index in [1.807, 2.05) is 72.8 Å². The van der Waals surface area contributed by atoms with Gasteiger partial charge in [-0.05, 0) is 23.1 Å². The van der Waals surface area contributed by atoms with Crippen molar-refractivity contribution in [2.45, 2.75) is 12.8 Å². The Bertz CT molecular complexity index is 831. The summed E-state index contributed by atoms with van der Waals surface area (Å²) >= 11 is 0. The summed E-state index contributed by atoms with van der Waals surface area (Å²) in [4.78, 5) is 12.2. The van der Waals surface area contributed by atoms with Gasteiger partial charge < -0.3 is 10.1 Å². The lowest BCUT2D eigenvalue weighted by Crippen LogP contribution is -2.31. The zero-order chi connectivity index (χ0) is 18.2. The van der Waals surface area contributed by atoms with Crippen molar-refractivity contribution in [3.05, 3.63) is 90.5 Å². The first-order chi connectivity index (χ1) is 12.7. The number of hydrogen-bond acceptors (Lipinski definition) is 2. The molecule has 0 saturated heterocycles. The molecule has 0 radical (unpaired) electrons. The zero-order valence-corrected chi connectivity index (χ0v) is 14.9. The number of para-hydroxylation sites is 1. The molecule has 3 rings (SSSR count). The van der Waals surface area contributed by atoms with E-state index in [1.165, 1.54) is 5.56 Å². The van der Waals surface area contributed by atoms with Crippen LogP contribution in [0.3, 0.4) is 0 Å². The molecule has 0 fully saturated rings. The summed E-state index contributed by atoms with van der Waals surface area (Å²) in [6.07, 6.45) is 0. The third-order valence-corrected chi connectivity index (χ3v) is 4.30. The third kappa shape index (κ3) is 4.73. The fourth-order valence-electron chi connectivity index (χ4n) is 2.81. The molecule has 3 aromatic carbocycles. The Labute approximate surface area is 154 Å². The van der Waals surface area contributed by atoms with Crippen molar-refractivity contribution in [2.75, 3.05) is 13.2 Å². The van der Waals surface area contributed by atoms with E-state index in [2.05, 4.69) is 24.4 Å². The molecule has 1 atom stereocenters. The fraction of sp³-hybridized carbons (Fsp3) is 0.174. The largest absolute Gasteiger partial charge is 0.483 e. The number of carbonyl (C=O) groups is 1. The molecule has 132 valence electrons. The quantitative estimate of drug-likeness (QED) is 0.677. The summed E-state index contributed by atoms with van der Waals surface area (Å²) in [5, 5.41) is 2.95. The van der Waals surface area contributed by atoms with Crippen LogP contribution in [0.25, 0.3) is 11.1 Å².